The molecule has 0 aliphatic heterocycles. The third-order valence-corrected chi connectivity index (χ3v) is 7.22. The summed E-state index contributed by atoms with van der Waals surface area (Å²) in [5, 5.41) is -4.73. The van der Waals surface area contributed by atoms with Gasteiger partial charge in [0, 0.05) is 16.2 Å². The van der Waals surface area contributed by atoms with Crippen LogP contribution in [0.2, 0.25) is 0 Å². The molecule has 0 fully saturated rings. The average Bonchev–Trinajstić information content (AvgIpc) is 3.69. The molecular formula is C41H26O. The number of rotatable bonds is 3. The molecule has 8 aromatic carbocycles. The molecule has 0 saturated heterocycles. The Labute approximate surface area is 277 Å². The predicted molar refractivity (Wildman–Crippen MR) is 178 cm³/mol. The van der Waals surface area contributed by atoms with Crippen molar-refractivity contribution in [2.45, 2.75) is 6.42 Å². The van der Waals surface area contributed by atoms with Gasteiger partial charge < -0.3 is 4.42 Å². The van der Waals surface area contributed by atoms with Crippen LogP contribution < -0.4 is 0 Å². The molecule has 0 saturated carbocycles. The first-order valence-corrected chi connectivity index (χ1v) is 12.6. The van der Waals surface area contributed by atoms with Crippen LogP contribution in [0.1, 0.15) is 44.0 Å². The summed E-state index contributed by atoms with van der Waals surface area (Å²) in [6.45, 7) is 0. The van der Waals surface area contributed by atoms with E-state index in [1.165, 1.54) is 0 Å². The maximum Gasteiger partial charge on any atom is 0.143 e. The van der Waals surface area contributed by atoms with E-state index in [2.05, 4.69) is 0 Å². The summed E-state index contributed by atoms with van der Waals surface area (Å²) in [6, 6.07) is -19.2. The van der Waals surface area contributed by atoms with Gasteiger partial charge in [-0.25, -0.2) is 0 Å². The van der Waals surface area contributed by atoms with Crippen molar-refractivity contribution in [3.05, 3.63) is 156 Å². The molecule has 9 aromatic rings. The highest BCUT2D eigenvalue weighted by molar-refractivity contribution is 6.24. The van der Waals surface area contributed by atoms with Crippen LogP contribution in [0.5, 0.6) is 0 Å². The lowest BCUT2D eigenvalue weighted by Gasteiger charge is -2.18. The maximum absolute atomic E-state index is 9.46. The van der Waals surface area contributed by atoms with E-state index in [-0.39, 0.29) is 11.1 Å². The van der Waals surface area contributed by atoms with Crippen LogP contribution in [-0.4, -0.2) is 0 Å². The molecule has 9 rings (SSSR count). The van der Waals surface area contributed by atoms with Gasteiger partial charge in [-0.3, -0.25) is 0 Å². The molecule has 42 heavy (non-hydrogen) atoms. The summed E-state index contributed by atoms with van der Waals surface area (Å²) in [7, 11) is 0. The second kappa shape index (κ2) is 9.06. The molecule has 0 spiro atoms. The molecule has 1 aromatic heterocycles. The van der Waals surface area contributed by atoms with Crippen LogP contribution in [-0.2, 0) is 6.42 Å². The summed E-state index contributed by atoms with van der Waals surface area (Å²) in [5.74, 6) is 0. The van der Waals surface area contributed by atoms with Crippen LogP contribution in [0.15, 0.2) is 149 Å². The van der Waals surface area contributed by atoms with Gasteiger partial charge >= 0.3 is 0 Å². The standard InChI is InChI=1S/C41H26O/c1-3-15-29-26(11-1)13-9-14-28(29)25-37-31-17-5-7-19-33(31)39(34-20-8-6-18-32(34)37)35-21-10-22-38-40(35)36-24-23-27-12-2-4-16-30(27)41(36)42-38/h1-24H,25H2/i1D,2D,3D,4D,5D,6D,7D,8D,9D,10D,11D,12D,13D,14D,15D,16D,17D,18D,19D,20D,21D,22D,23D,24D. The Kier molecular flexibility index (Phi) is 2.13. The third kappa shape index (κ3) is 3.37. The molecule has 1 heteroatoms. The monoisotopic (exact) mass is 558 g/mol. The highest BCUT2D eigenvalue weighted by Gasteiger charge is 2.20. The fourth-order valence-electron chi connectivity index (χ4n) is 5.46. The van der Waals surface area contributed by atoms with Gasteiger partial charge in [0.15, 0.2) is 0 Å². The molecule has 0 aliphatic rings. The summed E-state index contributed by atoms with van der Waals surface area (Å²) >= 11 is 0. The minimum absolute atomic E-state index is 0.359. The molecular weight excluding hydrogens is 508 g/mol. The largest absolute Gasteiger partial charge is 0.455 e. The fraction of sp³-hybridized carbons (Fsp3) is 0.0244. The van der Waals surface area contributed by atoms with Crippen LogP contribution in [0.25, 0.3) is 76.2 Å². The van der Waals surface area contributed by atoms with Crippen molar-refractivity contribution in [2.24, 2.45) is 0 Å². The first-order valence-electron chi connectivity index (χ1n) is 24.6. The molecule has 0 unspecified atom stereocenters. The highest BCUT2D eigenvalue weighted by atomic mass is 16.3. The van der Waals surface area contributed by atoms with Gasteiger partial charge in [0.25, 0.3) is 0 Å². The Hall–Kier alpha value is -5.40. The molecule has 1 nitrogen and oxygen atoms in total. The molecule has 0 amide bonds. The van der Waals surface area contributed by atoms with E-state index in [9.17, 15) is 8.22 Å². The highest BCUT2D eigenvalue weighted by Crippen LogP contribution is 2.45. The molecule has 0 bridgehead atoms. The lowest BCUT2D eigenvalue weighted by atomic mass is 9.84. The van der Waals surface area contributed by atoms with E-state index in [0.29, 0.717) is 0 Å². The SMILES string of the molecule is [2H]c1c([2H])c(-c2c3c([2H])c([2H])c([2H])c([2H])c3c(Cc3c([2H])c([2H])c([2H])c4c([2H])c([2H])c([2H])c([2H])c34)c3c([2H])c([2H])c([2H])c([2H])c23)c2c(oc3c4c([2H])c([2H])c([2H])c([2H])c4c([2H])c([2H])c32)c1[2H]. The minimum Gasteiger partial charge on any atom is -0.455 e. The Bertz CT molecular complexity index is 3750. The van der Waals surface area contributed by atoms with Gasteiger partial charge in [0.1, 0.15) is 11.2 Å². The van der Waals surface area contributed by atoms with Gasteiger partial charge in [-0.15, -0.1) is 0 Å². The third-order valence-electron chi connectivity index (χ3n) is 7.22. The zero-order valence-electron chi connectivity index (χ0n) is 45.1. The Morgan fingerprint density at radius 2 is 1.02 bits per heavy atom. The van der Waals surface area contributed by atoms with Gasteiger partial charge in [-0.1, -0.05) is 133 Å². The summed E-state index contributed by atoms with van der Waals surface area (Å²) in [4.78, 5) is 0. The van der Waals surface area contributed by atoms with E-state index >= 15 is 0 Å². The number of fused-ring (bicyclic) bond motifs is 8. The van der Waals surface area contributed by atoms with Gasteiger partial charge in [0.2, 0.25) is 0 Å². The zero-order chi connectivity index (χ0) is 48.5. The first kappa shape index (κ1) is 9.86. The normalized spacial score (nSPS) is 19.9. The van der Waals surface area contributed by atoms with Crippen LogP contribution in [0, 0.1) is 0 Å². The number of hydrogen-bond acceptors (Lipinski definition) is 1. The Balaban J connectivity index is 1.61. The number of furan rings is 1. The lowest BCUT2D eigenvalue weighted by molar-refractivity contribution is 0.673. The topological polar surface area (TPSA) is 13.1 Å². The van der Waals surface area contributed by atoms with Gasteiger partial charge in [-0.2, -0.15) is 0 Å². The van der Waals surface area contributed by atoms with Crippen LogP contribution in [0.4, 0.5) is 0 Å². The van der Waals surface area contributed by atoms with Crippen molar-refractivity contribution in [2.75, 3.05) is 0 Å². The van der Waals surface area contributed by atoms with Crippen molar-refractivity contribution in [3.8, 4) is 11.1 Å². The van der Waals surface area contributed by atoms with Crippen LogP contribution in [0.3, 0.4) is 0 Å². The zero-order valence-corrected chi connectivity index (χ0v) is 21.1. The quantitative estimate of drug-likeness (QED) is 0.197. The molecule has 0 N–H and O–H groups in total. The maximum atomic E-state index is 9.46. The van der Waals surface area contributed by atoms with Crippen molar-refractivity contribution >= 4 is 65.0 Å². The molecule has 196 valence electrons. The molecule has 1 heterocycles. The summed E-state index contributed by atoms with van der Waals surface area (Å²) in [6.07, 6.45) is -0.811. The lowest BCUT2D eigenvalue weighted by Crippen LogP contribution is -1.96. The van der Waals surface area contributed by atoms with Gasteiger partial charge in [-0.05, 0) is 78.5 Å². The van der Waals surface area contributed by atoms with E-state index in [1.807, 2.05) is 0 Å². The second-order valence-electron chi connectivity index (χ2n) is 9.39. The van der Waals surface area contributed by atoms with Crippen molar-refractivity contribution in [3.63, 3.8) is 0 Å². The smallest absolute Gasteiger partial charge is 0.143 e. The predicted octanol–water partition coefficient (Wildman–Crippen LogP) is 11.5. The summed E-state index contributed by atoms with van der Waals surface area (Å²) in [5.41, 5.74) is -2.94. The van der Waals surface area contributed by atoms with Crippen molar-refractivity contribution < 1.29 is 37.3 Å². The van der Waals surface area contributed by atoms with Crippen LogP contribution >= 0.6 is 0 Å². The first-order chi connectivity index (χ1) is 30.8. The van der Waals surface area contributed by atoms with E-state index in [0.717, 1.165) is 0 Å². The van der Waals surface area contributed by atoms with E-state index < -0.39 is 228 Å². The molecule has 0 radical (unpaired) electrons. The minimum atomic E-state index is -0.896. The Morgan fingerprint density at radius 1 is 0.452 bits per heavy atom. The average molecular weight is 559 g/mol. The summed E-state index contributed by atoms with van der Waals surface area (Å²) < 4.78 is 219. The van der Waals surface area contributed by atoms with Gasteiger partial charge in [0.05, 0.1) is 32.9 Å². The molecule has 0 aliphatic carbocycles. The Morgan fingerprint density at radius 3 is 1.76 bits per heavy atom. The number of hydrogen-bond donors (Lipinski definition) is 0. The van der Waals surface area contributed by atoms with E-state index in [1.54, 1.807) is 0 Å². The molecule has 0 atom stereocenters. The number of benzene rings is 8. The van der Waals surface area contributed by atoms with Crippen molar-refractivity contribution in [1.29, 1.82) is 0 Å². The van der Waals surface area contributed by atoms with Crippen molar-refractivity contribution in [1.82, 2.24) is 0 Å². The second-order valence-corrected chi connectivity index (χ2v) is 9.39. The van der Waals surface area contributed by atoms with E-state index in [4.69, 9.17) is 29.1 Å². The fourth-order valence-corrected chi connectivity index (χ4v) is 5.46.